The van der Waals surface area contributed by atoms with Crippen molar-refractivity contribution in [3.8, 4) is 0 Å². The molecule has 0 unspecified atom stereocenters. The molecule has 1 fully saturated rings. The molecular weight excluding hydrogens is 293 g/mol. The number of carbonyl (C=O) groups is 2. The number of halogens is 1. The van der Waals surface area contributed by atoms with E-state index in [2.05, 4.69) is 12.2 Å². The van der Waals surface area contributed by atoms with Crippen LogP contribution in [0.1, 0.15) is 16.8 Å². The topological polar surface area (TPSA) is 37.4 Å². The number of ketones is 2. The maximum Gasteiger partial charge on any atom is 0.187 e. The van der Waals surface area contributed by atoms with Crippen LogP contribution in [0.3, 0.4) is 0 Å². The van der Waals surface area contributed by atoms with Gasteiger partial charge in [-0.1, -0.05) is 18.2 Å². The van der Waals surface area contributed by atoms with Gasteiger partial charge in [0.15, 0.2) is 11.6 Å². The van der Waals surface area contributed by atoms with Gasteiger partial charge in [-0.2, -0.15) is 0 Å². The Morgan fingerprint density at radius 2 is 1.87 bits per heavy atom. The van der Waals surface area contributed by atoms with Crippen LogP contribution < -0.4 is 0 Å². The lowest BCUT2D eigenvalue weighted by atomic mass is 9.73. The second kappa shape index (κ2) is 5.30. The summed E-state index contributed by atoms with van der Waals surface area (Å²) in [5, 5.41) is 0. The summed E-state index contributed by atoms with van der Waals surface area (Å²) in [5.41, 5.74) is 0.428. The molecule has 2 aliphatic carbocycles. The maximum atomic E-state index is 12.9. The molecule has 4 bridgehead atoms. The number of nitrogens with zero attached hydrogens (tertiary/aromatic N) is 1. The molecule has 4 atom stereocenters. The Kier molecular flexibility index (Phi) is 3.26. The van der Waals surface area contributed by atoms with E-state index in [-0.39, 0.29) is 35.3 Å². The van der Waals surface area contributed by atoms with Crippen LogP contribution in [-0.2, 0) is 4.79 Å². The average molecular weight is 309 g/mol. The van der Waals surface area contributed by atoms with Crippen molar-refractivity contribution in [2.45, 2.75) is 12.5 Å². The second-order valence-electron chi connectivity index (χ2n) is 6.30. The Morgan fingerprint density at radius 3 is 2.65 bits per heavy atom. The number of fused-ring (bicyclic) bond motifs is 6. The Balaban J connectivity index is 1.55. The van der Waals surface area contributed by atoms with Gasteiger partial charge in [-0.05, 0) is 36.6 Å². The summed E-state index contributed by atoms with van der Waals surface area (Å²) in [6.45, 7) is 0. The minimum atomic E-state index is -0.370. The highest BCUT2D eigenvalue weighted by Gasteiger charge is 2.47. The van der Waals surface area contributed by atoms with Gasteiger partial charge in [0.1, 0.15) is 5.82 Å². The largest absolute Gasteiger partial charge is 0.343 e. The Labute approximate surface area is 133 Å². The normalized spacial score (nSPS) is 31.2. The molecule has 0 aromatic heterocycles. The average Bonchev–Trinajstić information content (AvgIpc) is 2.99. The molecule has 1 heterocycles. The Morgan fingerprint density at radius 1 is 1.13 bits per heavy atom. The molecule has 1 saturated carbocycles. The molecule has 0 saturated heterocycles. The first-order valence-electron chi connectivity index (χ1n) is 7.79. The van der Waals surface area contributed by atoms with Crippen LogP contribution in [-0.4, -0.2) is 22.5 Å². The van der Waals surface area contributed by atoms with Crippen molar-refractivity contribution in [3.63, 3.8) is 0 Å². The van der Waals surface area contributed by atoms with Gasteiger partial charge in [0.25, 0.3) is 0 Å². The molecule has 1 aromatic rings. The van der Waals surface area contributed by atoms with E-state index in [1.165, 1.54) is 30.3 Å². The van der Waals surface area contributed by atoms with E-state index in [1.807, 2.05) is 17.2 Å². The van der Waals surface area contributed by atoms with E-state index >= 15 is 0 Å². The Bertz CT molecular complexity index is 747. The number of Topliss-reactive ketones (excluding diaryl/α,β-unsaturated/α-hetero) is 1. The lowest BCUT2D eigenvalue weighted by Gasteiger charge is -2.41. The van der Waals surface area contributed by atoms with Crippen LogP contribution in [0.25, 0.3) is 0 Å². The van der Waals surface area contributed by atoms with Crippen molar-refractivity contribution in [3.05, 3.63) is 72.4 Å². The number of carbonyl (C=O) groups excluding carboxylic acids is 2. The van der Waals surface area contributed by atoms with Gasteiger partial charge in [0.05, 0.1) is 6.04 Å². The van der Waals surface area contributed by atoms with Crippen molar-refractivity contribution in [2.24, 2.45) is 17.8 Å². The quantitative estimate of drug-likeness (QED) is 0.489. The third-order valence-corrected chi connectivity index (χ3v) is 4.95. The zero-order chi connectivity index (χ0) is 16.0. The molecular formula is C19H16FNO2. The standard InChI is InChI=1S/C19H16FNO2/c20-15-5-3-12(4-6-15)17(22)8-10-21-9-7-16-13-1-2-14(11-13)18(21)19(16)23/h1-10,13-14,16,18H,11H2/b10-8+/t13-,14+,16+,18-/m0/s1. The minimum absolute atomic E-state index is 0.0209. The van der Waals surface area contributed by atoms with Gasteiger partial charge in [-0.25, -0.2) is 4.39 Å². The third-order valence-electron chi connectivity index (χ3n) is 4.95. The zero-order valence-corrected chi connectivity index (χ0v) is 12.4. The second-order valence-corrected chi connectivity index (χ2v) is 6.30. The van der Waals surface area contributed by atoms with Crippen molar-refractivity contribution in [1.29, 1.82) is 0 Å². The highest BCUT2D eigenvalue weighted by Crippen LogP contribution is 2.43. The molecule has 23 heavy (non-hydrogen) atoms. The predicted octanol–water partition coefficient (Wildman–Crippen LogP) is 3.11. The lowest BCUT2D eigenvalue weighted by molar-refractivity contribution is -0.130. The summed E-state index contributed by atoms with van der Waals surface area (Å²) >= 11 is 0. The third kappa shape index (κ3) is 2.34. The summed E-state index contributed by atoms with van der Waals surface area (Å²) in [7, 11) is 0. The molecule has 1 aliphatic heterocycles. The molecule has 0 radical (unpaired) electrons. The monoisotopic (exact) mass is 309 g/mol. The molecule has 3 aliphatic rings. The maximum absolute atomic E-state index is 12.9. The van der Waals surface area contributed by atoms with Crippen LogP contribution in [0.15, 0.2) is 61.0 Å². The van der Waals surface area contributed by atoms with E-state index in [0.717, 1.165) is 6.42 Å². The van der Waals surface area contributed by atoms with Gasteiger partial charge >= 0.3 is 0 Å². The van der Waals surface area contributed by atoms with Crippen LogP contribution in [0, 0.1) is 23.6 Å². The molecule has 4 rings (SSSR count). The molecule has 0 spiro atoms. The van der Waals surface area contributed by atoms with E-state index in [9.17, 15) is 14.0 Å². The molecule has 3 nitrogen and oxygen atoms in total. The first-order chi connectivity index (χ1) is 11.1. The van der Waals surface area contributed by atoms with Crippen LogP contribution >= 0.6 is 0 Å². The molecule has 1 aromatic carbocycles. The summed E-state index contributed by atoms with van der Waals surface area (Å²) < 4.78 is 12.9. The highest BCUT2D eigenvalue weighted by molar-refractivity contribution is 6.04. The number of hydrogen-bond donors (Lipinski definition) is 0. The minimum Gasteiger partial charge on any atom is -0.343 e. The zero-order valence-electron chi connectivity index (χ0n) is 12.4. The Hall–Kier alpha value is -2.49. The number of rotatable bonds is 3. The highest BCUT2D eigenvalue weighted by atomic mass is 19.1. The molecule has 0 N–H and O–H groups in total. The van der Waals surface area contributed by atoms with Crippen molar-refractivity contribution in [1.82, 2.24) is 4.90 Å². The predicted molar refractivity (Wildman–Crippen MR) is 83.9 cm³/mol. The SMILES string of the molecule is O=C(/C=C/N1C=C[C@H]2C(=O)[C@@H]1[C@@H]1C=C[C@H]2C1)c1ccc(F)cc1. The molecule has 0 amide bonds. The summed E-state index contributed by atoms with van der Waals surface area (Å²) in [6, 6.07) is 5.24. The van der Waals surface area contributed by atoms with E-state index < -0.39 is 0 Å². The van der Waals surface area contributed by atoms with Crippen LogP contribution in [0.2, 0.25) is 0 Å². The fraction of sp³-hybridized carbons (Fsp3) is 0.263. The van der Waals surface area contributed by atoms with Gasteiger partial charge in [0.2, 0.25) is 0 Å². The number of allylic oxidation sites excluding steroid dienone is 3. The van der Waals surface area contributed by atoms with Crippen LogP contribution in [0.5, 0.6) is 0 Å². The van der Waals surface area contributed by atoms with Crippen molar-refractivity contribution >= 4 is 11.6 Å². The fourth-order valence-corrected chi connectivity index (χ4v) is 3.77. The summed E-state index contributed by atoms with van der Waals surface area (Å²) in [4.78, 5) is 26.5. The summed E-state index contributed by atoms with van der Waals surface area (Å²) in [5.74, 6) is 0.200. The first kappa shape index (κ1) is 14.1. The van der Waals surface area contributed by atoms with Crippen molar-refractivity contribution in [2.75, 3.05) is 0 Å². The van der Waals surface area contributed by atoms with Gasteiger partial charge in [-0.15, -0.1) is 0 Å². The van der Waals surface area contributed by atoms with Crippen LogP contribution in [0.4, 0.5) is 4.39 Å². The lowest BCUT2D eigenvalue weighted by Crippen LogP contribution is -2.50. The molecule has 4 heteroatoms. The summed E-state index contributed by atoms with van der Waals surface area (Å²) in [6.07, 6.45) is 12.2. The van der Waals surface area contributed by atoms with Gasteiger partial charge in [0, 0.05) is 35.9 Å². The smallest absolute Gasteiger partial charge is 0.187 e. The van der Waals surface area contributed by atoms with Gasteiger partial charge in [-0.3, -0.25) is 9.59 Å². The molecule has 116 valence electrons. The first-order valence-corrected chi connectivity index (χ1v) is 7.79. The van der Waals surface area contributed by atoms with Gasteiger partial charge < -0.3 is 4.90 Å². The van der Waals surface area contributed by atoms with E-state index in [0.29, 0.717) is 11.5 Å². The van der Waals surface area contributed by atoms with Crippen molar-refractivity contribution < 1.29 is 14.0 Å². The van der Waals surface area contributed by atoms with E-state index in [4.69, 9.17) is 0 Å². The van der Waals surface area contributed by atoms with E-state index in [1.54, 1.807) is 6.20 Å². The number of benzene rings is 1. The number of hydrogen-bond acceptors (Lipinski definition) is 3. The fourth-order valence-electron chi connectivity index (χ4n) is 3.77.